The molecule has 0 aliphatic heterocycles. The summed E-state index contributed by atoms with van der Waals surface area (Å²) in [5, 5.41) is 2.85. The summed E-state index contributed by atoms with van der Waals surface area (Å²) < 4.78 is 7.48. The Labute approximate surface area is 138 Å². The van der Waals surface area contributed by atoms with Gasteiger partial charge in [0, 0.05) is 23.0 Å². The van der Waals surface area contributed by atoms with Gasteiger partial charge in [-0.05, 0) is 37.6 Å². The van der Waals surface area contributed by atoms with Gasteiger partial charge in [-0.25, -0.2) is 4.98 Å². The molecule has 0 aliphatic carbocycles. The van der Waals surface area contributed by atoms with E-state index in [0.717, 1.165) is 34.1 Å². The first-order valence-electron chi connectivity index (χ1n) is 7.65. The van der Waals surface area contributed by atoms with E-state index < -0.39 is 0 Å². The Balaban J connectivity index is 1.63. The molecule has 0 bridgehead atoms. The molecule has 0 fully saturated rings. The summed E-state index contributed by atoms with van der Waals surface area (Å²) >= 11 is 1.56. The maximum absolute atomic E-state index is 12.2. The molecule has 120 valence electrons. The summed E-state index contributed by atoms with van der Waals surface area (Å²) in [6, 6.07) is 7.39. The smallest absolute Gasteiger partial charge is 0.275 e. The summed E-state index contributed by atoms with van der Waals surface area (Å²) in [6.07, 6.45) is 5.85. The highest BCUT2D eigenvalue weighted by Gasteiger charge is 2.12. The Morgan fingerprint density at radius 3 is 2.78 bits per heavy atom. The standard InChI is InChI=1S/C17H19N3O2S/c1-3-4-9-22-14-7-5-13(6-8-14)18-16(21)15-11-20-10-12(2)23-17(20)19-15/h5-8,10-11H,3-4,9H2,1-2H3,(H,18,21). The maximum atomic E-state index is 12.2. The second-order valence-electron chi connectivity index (χ2n) is 5.34. The number of amides is 1. The van der Waals surface area contributed by atoms with Crippen molar-refractivity contribution in [3.8, 4) is 5.75 Å². The fraction of sp³-hybridized carbons (Fsp3) is 0.294. The van der Waals surface area contributed by atoms with E-state index in [1.165, 1.54) is 0 Å². The van der Waals surface area contributed by atoms with Gasteiger partial charge >= 0.3 is 0 Å². The number of hydrogen-bond donors (Lipinski definition) is 1. The topological polar surface area (TPSA) is 55.6 Å². The fourth-order valence-electron chi connectivity index (χ4n) is 2.18. The normalized spacial score (nSPS) is 10.9. The van der Waals surface area contributed by atoms with E-state index in [1.54, 1.807) is 17.5 Å². The highest BCUT2D eigenvalue weighted by Crippen LogP contribution is 2.19. The molecule has 0 unspecified atom stereocenters. The molecule has 0 spiro atoms. The van der Waals surface area contributed by atoms with Crippen molar-refractivity contribution in [2.75, 3.05) is 11.9 Å². The molecule has 1 N–H and O–H groups in total. The number of rotatable bonds is 6. The minimum Gasteiger partial charge on any atom is -0.494 e. The monoisotopic (exact) mass is 329 g/mol. The summed E-state index contributed by atoms with van der Waals surface area (Å²) in [4.78, 5) is 18.6. The van der Waals surface area contributed by atoms with Crippen molar-refractivity contribution in [1.82, 2.24) is 9.38 Å². The van der Waals surface area contributed by atoms with Gasteiger partial charge in [0.05, 0.1) is 6.61 Å². The zero-order valence-electron chi connectivity index (χ0n) is 13.2. The summed E-state index contributed by atoms with van der Waals surface area (Å²) in [7, 11) is 0. The minimum atomic E-state index is -0.210. The van der Waals surface area contributed by atoms with Crippen molar-refractivity contribution in [1.29, 1.82) is 0 Å². The van der Waals surface area contributed by atoms with Crippen LogP contribution in [0.15, 0.2) is 36.7 Å². The average molecular weight is 329 g/mol. The number of carbonyl (C=O) groups excluding carboxylic acids is 1. The van der Waals surface area contributed by atoms with Gasteiger partial charge in [-0.15, -0.1) is 11.3 Å². The fourth-order valence-corrected chi connectivity index (χ4v) is 2.99. The molecule has 23 heavy (non-hydrogen) atoms. The first-order valence-corrected chi connectivity index (χ1v) is 8.46. The molecule has 1 amide bonds. The minimum absolute atomic E-state index is 0.210. The largest absolute Gasteiger partial charge is 0.494 e. The lowest BCUT2D eigenvalue weighted by Crippen LogP contribution is -2.12. The van der Waals surface area contributed by atoms with Crippen LogP contribution in [0.2, 0.25) is 0 Å². The van der Waals surface area contributed by atoms with E-state index in [2.05, 4.69) is 17.2 Å². The summed E-state index contributed by atoms with van der Waals surface area (Å²) in [6.45, 7) is 4.86. The Morgan fingerprint density at radius 1 is 1.30 bits per heavy atom. The van der Waals surface area contributed by atoms with Crippen molar-refractivity contribution >= 4 is 27.9 Å². The highest BCUT2D eigenvalue weighted by atomic mass is 32.1. The van der Waals surface area contributed by atoms with E-state index in [9.17, 15) is 4.79 Å². The Kier molecular flexibility index (Phi) is 4.62. The van der Waals surface area contributed by atoms with Crippen LogP contribution in [-0.2, 0) is 0 Å². The second kappa shape index (κ2) is 6.83. The lowest BCUT2D eigenvalue weighted by Gasteiger charge is -2.07. The number of ether oxygens (including phenoxy) is 1. The van der Waals surface area contributed by atoms with E-state index in [1.807, 2.05) is 41.8 Å². The number of anilines is 1. The van der Waals surface area contributed by atoms with Crippen molar-refractivity contribution < 1.29 is 9.53 Å². The third kappa shape index (κ3) is 3.71. The first-order chi connectivity index (χ1) is 11.2. The lowest BCUT2D eigenvalue weighted by atomic mass is 10.3. The SMILES string of the molecule is CCCCOc1ccc(NC(=O)c2cn3cc(C)sc3n2)cc1. The zero-order valence-corrected chi connectivity index (χ0v) is 14.0. The van der Waals surface area contributed by atoms with Crippen LogP contribution in [-0.4, -0.2) is 21.9 Å². The number of imidazole rings is 1. The van der Waals surface area contributed by atoms with Crippen LogP contribution >= 0.6 is 11.3 Å². The maximum Gasteiger partial charge on any atom is 0.275 e. The number of nitrogens with one attached hydrogen (secondary N) is 1. The van der Waals surface area contributed by atoms with Crippen LogP contribution in [0.3, 0.4) is 0 Å². The average Bonchev–Trinajstić information content (AvgIpc) is 3.06. The molecule has 0 saturated carbocycles. The molecular weight excluding hydrogens is 310 g/mol. The van der Waals surface area contributed by atoms with E-state index in [-0.39, 0.29) is 5.91 Å². The van der Waals surface area contributed by atoms with Gasteiger partial charge in [-0.3, -0.25) is 9.20 Å². The van der Waals surface area contributed by atoms with Crippen LogP contribution < -0.4 is 10.1 Å². The van der Waals surface area contributed by atoms with Crippen molar-refractivity contribution in [3.05, 3.63) is 47.2 Å². The van der Waals surface area contributed by atoms with Crippen LogP contribution in [0.1, 0.15) is 35.1 Å². The Bertz CT molecular complexity index is 773. The van der Waals surface area contributed by atoms with Crippen molar-refractivity contribution in [2.24, 2.45) is 0 Å². The van der Waals surface area contributed by atoms with Crippen LogP contribution in [0.5, 0.6) is 5.75 Å². The van der Waals surface area contributed by atoms with Crippen molar-refractivity contribution in [2.45, 2.75) is 26.7 Å². The van der Waals surface area contributed by atoms with Gasteiger partial charge in [-0.2, -0.15) is 0 Å². The molecule has 2 aromatic heterocycles. The number of aryl methyl sites for hydroxylation is 1. The number of benzene rings is 1. The van der Waals surface area contributed by atoms with Gasteiger partial charge in [0.2, 0.25) is 0 Å². The second-order valence-corrected chi connectivity index (χ2v) is 6.55. The van der Waals surface area contributed by atoms with Crippen molar-refractivity contribution in [3.63, 3.8) is 0 Å². The molecule has 3 aromatic rings. The molecule has 1 aromatic carbocycles. The van der Waals surface area contributed by atoms with Crippen LogP contribution in [0.25, 0.3) is 4.96 Å². The van der Waals surface area contributed by atoms with E-state index >= 15 is 0 Å². The third-order valence-corrected chi connectivity index (χ3v) is 4.30. The number of nitrogens with zero attached hydrogens (tertiary/aromatic N) is 2. The molecule has 2 heterocycles. The lowest BCUT2D eigenvalue weighted by molar-refractivity contribution is 0.102. The molecule has 0 radical (unpaired) electrons. The van der Waals surface area contributed by atoms with Gasteiger partial charge in [-0.1, -0.05) is 13.3 Å². The predicted molar refractivity (Wildman–Crippen MR) is 92.6 cm³/mol. The van der Waals surface area contributed by atoms with Gasteiger partial charge in [0.25, 0.3) is 5.91 Å². The summed E-state index contributed by atoms with van der Waals surface area (Å²) in [5.74, 6) is 0.604. The van der Waals surface area contributed by atoms with Gasteiger partial charge < -0.3 is 10.1 Å². The van der Waals surface area contributed by atoms with E-state index in [0.29, 0.717) is 12.3 Å². The number of carbonyl (C=O) groups is 1. The quantitative estimate of drug-likeness (QED) is 0.692. The Hall–Kier alpha value is -2.34. The van der Waals surface area contributed by atoms with Crippen LogP contribution in [0.4, 0.5) is 5.69 Å². The number of fused-ring (bicyclic) bond motifs is 1. The molecule has 3 rings (SSSR count). The van der Waals surface area contributed by atoms with Gasteiger partial charge in [0.15, 0.2) is 4.96 Å². The number of hydrogen-bond acceptors (Lipinski definition) is 4. The third-order valence-electron chi connectivity index (χ3n) is 3.38. The number of thiazole rings is 1. The number of unbranched alkanes of at least 4 members (excludes halogenated alkanes) is 1. The number of aromatic nitrogens is 2. The molecule has 0 saturated heterocycles. The van der Waals surface area contributed by atoms with Crippen LogP contribution in [0, 0.1) is 6.92 Å². The first kappa shape index (κ1) is 15.6. The highest BCUT2D eigenvalue weighted by molar-refractivity contribution is 7.17. The molecule has 5 nitrogen and oxygen atoms in total. The zero-order chi connectivity index (χ0) is 16.2. The molecule has 6 heteroatoms. The molecule has 0 aliphatic rings. The van der Waals surface area contributed by atoms with E-state index in [4.69, 9.17) is 4.74 Å². The molecular formula is C17H19N3O2S. The summed E-state index contributed by atoms with van der Waals surface area (Å²) in [5.41, 5.74) is 1.14. The van der Waals surface area contributed by atoms with Gasteiger partial charge in [0.1, 0.15) is 11.4 Å². The molecule has 0 atom stereocenters. The Morgan fingerprint density at radius 2 is 2.09 bits per heavy atom. The predicted octanol–water partition coefficient (Wildman–Crippen LogP) is 4.14.